The van der Waals surface area contributed by atoms with Gasteiger partial charge in [0, 0.05) is 9.50 Å². The minimum absolute atomic E-state index is 0.340. The highest BCUT2D eigenvalue weighted by molar-refractivity contribution is 9.10. The molecule has 0 radical (unpaired) electrons. The van der Waals surface area contributed by atoms with Crippen LogP contribution >= 0.6 is 39.1 Å². The SMILES string of the molecule is Cc1ccc2c(c1)nc(CCl)n2-c1cc(Cl)ccc1Br. The Hall–Kier alpha value is -1.03. The number of aryl methyl sites for hydroxylation is 1. The second kappa shape index (κ2) is 5.40. The molecule has 0 aliphatic carbocycles. The third-order valence-corrected chi connectivity index (χ3v) is 4.29. The lowest BCUT2D eigenvalue weighted by Gasteiger charge is -2.10. The topological polar surface area (TPSA) is 17.8 Å². The zero-order chi connectivity index (χ0) is 14.3. The Labute approximate surface area is 135 Å². The molecule has 2 aromatic carbocycles. The Balaban J connectivity index is 2.37. The van der Waals surface area contributed by atoms with Crippen LogP contribution in [0.15, 0.2) is 40.9 Å². The number of hydrogen-bond acceptors (Lipinski definition) is 1. The van der Waals surface area contributed by atoms with Gasteiger partial charge in [0.05, 0.1) is 22.6 Å². The summed E-state index contributed by atoms with van der Waals surface area (Å²) in [7, 11) is 0. The minimum Gasteiger partial charge on any atom is -0.294 e. The standard InChI is InChI=1S/C15H11BrCl2N2/c1-9-2-5-13-12(6-9)19-15(8-17)20(13)14-7-10(18)3-4-11(14)16/h2-7H,8H2,1H3. The summed E-state index contributed by atoms with van der Waals surface area (Å²) in [6, 6.07) is 11.9. The highest BCUT2D eigenvalue weighted by atomic mass is 79.9. The van der Waals surface area contributed by atoms with Crippen LogP contribution in [0.5, 0.6) is 0 Å². The second-order valence-electron chi connectivity index (χ2n) is 4.58. The molecule has 1 heterocycles. The Morgan fingerprint density at radius 3 is 2.75 bits per heavy atom. The fraction of sp³-hybridized carbons (Fsp3) is 0.133. The van der Waals surface area contributed by atoms with Gasteiger partial charge in [-0.25, -0.2) is 4.98 Å². The molecule has 0 atom stereocenters. The first-order valence-electron chi connectivity index (χ1n) is 6.09. The van der Waals surface area contributed by atoms with E-state index in [0.29, 0.717) is 10.9 Å². The molecule has 3 rings (SSSR count). The van der Waals surface area contributed by atoms with Crippen LogP contribution in [0.1, 0.15) is 11.4 Å². The number of alkyl halides is 1. The number of imidazole rings is 1. The van der Waals surface area contributed by atoms with Gasteiger partial charge in [0.25, 0.3) is 0 Å². The first kappa shape index (κ1) is 13.9. The van der Waals surface area contributed by atoms with E-state index in [9.17, 15) is 0 Å². The van der Waals surface area contributed by atoms with Crippen LogP contribution in [0.3, 0.4) is 0 Å². The Morgan fingerprint density at radius 1 is 1.20 bits per heavy atom. The van der Waals surface area contributed by atoms with E-state index in [1.165, 1.54) is 5.56 Å². The van der Waals surface area contributed by atoms with Gasteiger partial charge in [0.15, 0.2) is 0 Å². The molecule has 0 fully saturated rings. The van der Waals surface area contributed by atoms with E-state index < -0.39 is 0 Å². The molecule has 0 N–H and O–H groups in total. The second-order valence-corrected chi connectivity index (χ2v) is 6.14. The average Bonchev–Trinajstić information content (AvgIpc) is 2.78. The maximum absolute atomic E-state index is 6.12. The van der Waals surface area contributed by atoms with Crippen LogP contribution in [-0.2, 0) is 5.88 Å². The maximum Gasteiger partial charge on any atom is 0.129 e. The van der Waals surface area contributed by atoms with Gasteiger partial charge in [-0.1, -0.05) is 17.7 Å². The predicted molar refractivity (Wildman–Crippen MR) is 88.1 cm³/mol. The van der Waals surface area contributed by atoms with Crippen LogP contribution in [0.4, 0.5) is 0 Å². The van der Waals surface area contributed by atoms with Crippen molar-refractivity contribution in [1.29, 1.82) is 0 Å². The summed E-state index contributed by atoms with van der Waals surface area (Å²) in [5, 5.41) is 0.678. The lowest BCUT2D eigenvalue weighted by molar-refractivity contribution is 0.977. The van der Waals surface area contributed by atoms with Crippen LogP contribution in [0.25, 0.3) is 16.7 Å². The minimum atomic E-state index is 0.340. The van der Waals surface area contributed by atoms with E-state index in [-0.39, 0.29) is 0 Å². The van der Waals surface area contributed by atoms with Crippen molar-refractivity contribution in [2.24, 2.45) is 0 Å². The Bertz CT molecular complexity index is 796. The number of rotatable bonds is 2. The van der Waals surface area contributed by atoms with Crippen molar-refractivity contribution in [2.45, 2.75) is 12.8 Å². The van der Waals surface area contributed by atoms with E-state index in [4.69, 9.17) is 23.2 Å². The molecule has 102 valence electrons. The molecule has 0 saturated heterocycles. The van der Waals surface area contributed by atoms with Gasteiger partial charge >= 0.3 is 0 Å². The van der Waals surface area contributed by atoms with Gasteiger partial charge in [0.1, 0.15) is 5.82 Å². The van der Waals surface area contributed by atoms with Crippen LogP contribution in [-0.4, -0.2) is 9.55 Å². The molecular formula is C15H11BrCl2N2. The number of benzene rings is 2. The number of hydrogen-bond donors (Lipinski definition) is 0. The summed E-state index contributed by atoms with van der Waals surface area (Å²) in [5.74, 6) is 1.14. The molecule has 20 heavy (non-hydrogen) atoms. The predicted octanol–water partition coefficient (Wildman–Crippen LogP) is 5.49. The molecule has 5 heteroatoms. The summed E-state index contributed by atoms with van der Waals surface area (Å²) >= 11 is 15.7. The van der Waals surface area contributed by atoms with Crippen molar-refractivity contribution in [3.8, 4) is 5.69 Å². The quantitative estimate of drug-likeness (QED) is 0.546. The molecule has 0 spiro atoms. The fourth-order valence-electron chi connectivity index (χ4n) is 2.26. The van der Waals surface area contributed by atoms with Gasteiger partial charge < -0.3 is 0 Å². The highest BCUT2D eigenvalue weighted by Crippen LogP contribution is 2.30. The summed E-state index contributed by atoms with van der Waals surface area (Å²) in [4.78, 5) is 4.61. The van der Waals surface area contributed by atoms with Crippen LogP contribution in [0, 0.1) is 6.92 Å². The lowest BCUT2D eigenvalue weighted by atomic mass is 10.2. The number of halogens is 3. The van der Waals surface area contributed by atoms with Crippen molar-refractivity contribution in [1.82, 2.24) is 9.55 Å². The molecule has 0 saturated carbocycles. The van der Waals surface area contributed by atoms with Gasteiger partial charge in [-0.3, -0.25) is 4.57 Å². The van der Waals surface area contributed by atoms with Crippen molar-refractivity contribution < 1.29 is 0 Å². The van der Waals surface area contributed by atoms with Gasteiger partial charge in [0.2, 0.25) is 0 Å². The molecule has 0 unspecified atom stereocenters. The fourth-order valence-corrected chi connectivity index (χ4v) is 3.03. The molecule has 3 aromatic rings. The van der Waals surface area contributed by atoms with E-state index >= 15 is 0 Å². The van der Waals surface area contributed by atoms with Crippen LogP contribution in [0.2, 0.25) is 5.02 Å². The molecule has 0 amide bonds. The third kappa shape index (κ3) is 2.34. The molecule has 0 aliphatic rings. The van der Waals surface area contributed by atoms with E-state index in [1.807, 2.05) is 29.7 Å². The van der Waals surface area contributed by atoms with Gasteiger partial charge in [-0.05, 0) is 58.7 Å². The zero-order valence-corrected chi connectivity index (χ0v) is 13.8. The van der Waals surface area contributed by atoms with Crippen molar-refractivity contribution in [2.75, 3.05) is 0 Å². The molecular weight excluding hydrogens is 359 g/mol. The summed E-state index contributed by atoms with van der Waals surface area (Å²) in [6.45, 7) is 2.05. The van der Waals surface area contributed by atoms with E-state index in [0.717, 1.165) is 27.0 Å². The Kier molecular flexibility index (Phi) is 3.76. The van der Waals surface area contributed by atoms with Crippen LogP contribution < -0.4 is 0 Å². The molecule has 2 nitrogen and oxygen atoms in total. The lowest BCUT2D eigenvalue weighted by Crippen LogP contribution is -2.00. The number of nitrogens with zero attached hydrogens (tertiary/aromatic N) is 2. The smallest absolute Gasteiger partial charge is 0.129 e. The monoisotopic (exact) mass is 368 g/mol. The van der Waals surface area contributed by atoms with Crippen molar-refractivity contribution in [3.63, 3.8) is 0 Å². The summed E-state index contributed by atoms with van der Waals surface area (Å²) < 4.78 is 2.99. The largest absolute Gasteiger partial charge is 0.294 e. The number of aromatic nitrogens is 2. The van der Waals surface area contributed by atoms with Crippen molar-refractivity contribution in [3.05, 3.63) is 57.3 Å². The molecule has 0 bridgehead atoms. The highest BCUT2D eigenvalue weighted by Gasteiger charge is 2.14. The maximum atomic E-state index is 6.12. The Morgan fingerprint density at radius 2 is 2.00 bits per heavy atom. The summed E-state index contributed by atoms with van der Waals surface area (Å²) in [6.07, 6.45) is 0. The van der Waals surface area contributed by atoms with E-state index in [1.54, 1.807) is 0 Å². The third-order valence-electron chi connectivity index (χ3n) is 3.15. The zero-order valence-electron chi connectivity index (χ0n) is 10.7. The van der Waals surface area contributed by atoms with Gasteiger partial charge in [-0.2, -0.15) is 0 Å². The summed E-state index contributed by atoms with van der Waals surface area (Å²) in [5.41, 5.74) is 4.08. The van der Waals surface area contributed by atoms with Crippen molar-refractivity contribution >= 4 is 50.2 Å². The van der Waals surface area contributed by atoms with Gasteiger partial charge in [-0.15, -0.1) is 11.6 Å². The molecule has 1 aromatic heterocycles. The average molecular weight is 370 g/mol. The normalized spacial score (nSPS) is 11.2. The number of fused-ring (bicyclic) bond motifs is 1. The van der Waals surface area contributed by atoms with E-state index in [2.05, 4.69) is 39.1 Å². The first-order valence-corrected chi connectivity index (χ1v) is 7.80. The molecule has 0 aliphatic heterocycles. The first-order chi connectivity index (χ1) is 9.60.